The first kappa shape index (κ1) is 20.9. The van der Waals surface area contributed by atoms with E-state index in [9.17, 15) is 4.79 Å². The number of rotatable bonds is 6. The number of methoxy groups -OCH3 is 2. The van der Waals surface area contributed by atoms with Crippen molar-refractivity contribution in [2.24, 2.45) is 5.73 Å². The lowest BCUT2D eigenvalue weighted by molar-refractivity contribution is 0.0968. The zero-order valence-corrected chi connectivity index (χ0v) is 18.2. The highest BCUT2D eigenvalue weighted by atomic mass is 35.5. The third-order valence-electron chi connectivity index (χ3n) is 5.13. The molecule has 0 amide bonds. The second kappa shape index (κ2) is 8.41. The van der Waals surface area contributed by atoms with E-state index in [1.165, 1.54) is 0 Å². The van der Waals surface area contributed by atoms with Gasteiger partial charge in [0, 0.05) is 29.6 Å². The number of carbonyl (C=O) groups is 1. The van der Waals surface area contributed by atoms with E-state index in [0.29, 0.717) is 22.1 Å². The number of Topliss-reactive ketones (excluding diaryl/α,β-unsaturated/α-hetero) is 1. The van der Waals surface area contributed by atoms with E-state index in [-0.39, 0.29) is 5.78 Å². The molecule has 2 N–H and O–H groups in total. The first-order chi connectivity index (χ1) is 14.9. The smallest absolute Gasteiger partial charge is 0.179 e. The van der Waals surface area contributed by atoms with Crippen LogP contribution in [0.25, 0.3) is 28.0 Å². The minimum absolute atomic E-state index is 0.0769. The quantitative estimate of drug-likeness (QED) is 0.437. The van der Waals surface area contributed by atoms with E-state index in [4.69, 9.17) is 31.8 Å². The molecule has 4 rings (SSSR count). The summed E-state index contributed by atoms with van der Waals surface area (Å²) in [6, 6.07) is 14.4. The Morgan fingerprint density at radius 3 is 2.39 bits per heavy atom. The van der Waals surface area contributed by atoms with Crippen LogP contribution in [0.4, 0.5) is 0 Å². The van der Waals surface area contributed by atoms with Crippen molar-refractivity contribution in [1.29, 1.82) is 0 Å². The van der Waals surface area contributed by atoms with Crippen molar-refractivity contribution in [1.82, 2.24) is 9.38 Å². The van der Waals surface area contributed by atoms with E-state index >= 15 is 0 Å². The molecule has 0 saturated carbocycles. The lowest BCUT2D eigenvalue weighted by Crippen LogP contribution is -2.26. The summed E-state index contributed by atoms with van der Waals surface area (Å²) in [6.45, 7) is 1.69. The molecule has 2 heterocycles. The molecule has 0 aliphatic rings. The van der Waals surface area contributed by atoms with Gasteiger partial charge in [-0.05, 0) is 36.2 Å². The molecule has 31 heavy (non-hydrogen) atoms. The van der Waals surface area contributed by atoms with Crippen molar-refractivity contribution >= 4 is 23.0 Å². The average molecular weight is 436 g/mol. The molecule has 0 aliphatic heterocycles. The van der Waals surface area contributed by atoms with Crippen molar-refractivity contribution in [3.63, 3.8) is 0 Å². The molecular formula is C24H22ClN3O3. The van der Waals surface area contributed by atoms with Gasteiger partial charge in [-0.1, -0.05) is 35.9 Å². The van der Waals surface area contributed by atoms with E-state index in [1.54, 1.807) is 45.4 Å². The number of fused-ring (bicyclic) bond motifs is 1. The predicted molar refractivity (Wildman–Crippen MR) is 122 cm³/mol. The Morgan fingerprint density at radius 2 is 1.74 bits per heavy atom. The van der Waals surface area contributed by atoms with Gasteiger partial charge in [-0.25, -0.2) is 4.98 Å². The minimum atomic E-state index is -0.519. The third-order valence-corrected chi connectivity index (χ3v) is 5.42. The van der Waals surface area contributed by atoms with Gasteiger partial charge in [0.1, 0.15) is 17.1 Å². The minimum Gasteiger partial charge on any atom is -0.496 e. The molecule has 0 bridgehead atoms. The molecular weight excluding hydrogens is 414 g/mol. The van der Waals surface area contributed by atoms with Crippen LogP contribution in [-0.4, -0.2) is 35.4 Å². The highest BCUT2D eigenvalue weighted by molar-refractivity contribution is 6.32. The average Bonchev–Trinajstić information content (AvgIpc) is 3.21. The maximum atomic E-state index is 12.1. The van der Waals surface area contributed by atoms with Crippen molar-refractivity contribution in [2.75, 3.05) is 14.2 Å². The molecule has 0 radical (unpaired) electrons. The molecule has 0 aliphatic carbocycles. The van der Waals surface area contributed by atoms with E-state index in [0.717, 1.165) is 28.0 Å². The Bertz CT molecular complexity index is 1260. The van der Waals surface area contributed by atoms with Crippen molar-refractivity contribution in [2.45, 2.75) is 13.0 Å². The summed E-state index contributed by atoms with van der Waals surface area (Å²) in [5.41, 5.74) is 10.6. The van der Waals surface area contributed by atoms with Crippen molar-refractivity contribution < 1.29 is 14.3 Å². The molecule has 158 valence electrons. The van der Waals surface area contributed by atoms with E-state index < -0.39 is 6.04 Å². The van der Waals surface area contributed by atoms with E-state index in [2.05, 4.69) is 0 Å². The molecule has 0 fully saturated rings. The number of nitrogens with two attached hydrogens (primary N) is 1. The van der Waals surface area contributed by atoms with Crippen LogP contribution < -0.4 is 15.2 Å². The first-order valence-corrected chi connectivity index (χ1v) is 10.1. The van der Waals surface area contributed by atoms with E-state index in [1.807, 2.05) is 41.1 Å². The van der Waals surface area contributed by atoms with Crippen LogP contribution >= 0.6 is 11.6 Å². The standard InChI is InChI=1S/C24H22ClN3O3/c1-14(26)24(29)16-6-4-15(5-7-16)17-8-9-28-13-20(27-23(28)10-17)18-11-19(25)22(31-3)12-21(18)30-2/h4-14H,26H2,1-3H3. The SMILES string of the molecule is COc1cc(OC)c(-c2cn3ccc(-c4ccc(C(=O)C(C)N)cc4)cc3n2)cc1Cl. The highest BCUT2D eigenvalue weighted by Crippen LogP contribution is 2.38. The number of carbonyl (C=O) groups excluding carboxylic acids is 1. The van der Waals surface area contributed by atoms with Crippen LogP contribution in [0, 0.1) is 0 Å². The Morgan fingerprint density at radius 1 is 1.03 bits per heavy atom. The number of hydrogen-bond acceptors (Lipinski definition) is 5. The fourth-order valence-corrected chi connectivity index (χ4v) is 3.68. The lowest BCUT2D eigenvalue weighted by Gasteiger charge is -2.10. The number of ketones is 1. The Kier molecular flexibility index (Phi) is 5.67. The molecule has 2 aromatic heterocycles. The number of benzene rings is 2. The number of ether oxygens (including phenoxy) is 2. The topological polar surface area (TPSA) is 78.8 Å². The molecule has 0 spiro atoms. The van der Waals surface area contributed by atoms with Gasteiger partial charge >= 0.3 is 0 Å². The van der Waals surface area contributed by atoms with Gasteiger partial charge < -0.3 is 19.6 Å². The van der Waals surface area contributed by atoms with Crippen LogP contribution in [0.1, 0.15) is 17.3 Å². The summed E-state index contributed by atoms with van der Waals surface area (Å²) in [5, 5.41) is 0.484. The zero-order chi connectivity index (χ0) is 22.1. The summed E-state index contributed by atoms with van der Waals surface area (Å²) in [5.74, 6) is 1.09. The Labute approximate surface area is 185 Å². The van der Waals surface area contributed by atoms with Crippen molar-refractivity contribution in [3.8, 4) is 33.9 Å². The second-order valence-corrected chi connectivity index (χ2v) is 7.63. The van der Waals surface area contributed by atoms with Gasteiger partial charge in [-0.15, -0.1) is 0 Å². The number of aromatic nitrogens is 2. The predicted octanol–water partition coefficient (Wildman–Crippen LogP) is 4.87. The van der Waals surface area contributed by atoms with Crippen LogP contribution in [0.15, 0.2) is 60.9 Å². The Hall–Kier alpha value is -3.35. The maximum Gasteiger partial charge on any atom is 0.179 e. The monoisotopic (exact) mass is 435 g/mol. The fourth-order valence-electron chi connectivity index (χ4n) is 3.44. The van der Waals surface area contributed by atoms with Gasteiger partial charge in [0.15, 0.2) is 5.78 Å². The normalized spacial score (nSPS) is 12.0. The molecule has 4 aromatic rings. The first-order valence-electron chi connectivity index (χ1n) is 9.72. The molecule has 1 atom stereocenters. The zero-order valence-electron chi connectivity index (χ0n) is 17.4. The maximum absolute atomic E-state index is 12.1. The van der Waals surface area contributed by atoms with Crippen molar-refractivity contribution in [3.05, 3.63) is 71.5 Å². The molecule has 6 nitrogen and oxygen atoms in total. The fraction of sp³-hybridized carbons (Fsp3) is 0.167. The van der Waals surface area contributed by atoms with Crippen LogP contribution in [0.2, 0.25) is 5.02 Å². The van der Waals surface area contributed by atoms with Gasteiger partial charge in [0.2, 0.25) is 0 Å². The molecule has 7 heteroatoms. The highest BCUT2D eigenvalue weighted by Gasteiger charge is 2.15. The number of hydrogen-bond donors (Lipinski definition) is 1. The summed E-state index contributed by atoms with van der Waals surface area (Å²) < 4.78 is 12.7. The summed E-state index contributed by atoms with van der Waals surface area (Å²) in [4.78, 5) is 16.8. The summed E-state index contributed by atoms with van der Waals surface area (Å²) in [7, 11) is 3.16. The molecule has 2 aromatic carbocycles. The van der Waals surface area contributed by atoms with Gasteiger partial charge in [0.05, 0.1) is 31.0 Å². The molecule has 0 saturated heterocycles. The largest absolute Gasteiger partial charge is 0.496 e. The third kappa shape index (κ3) is 4.00. The summed E-state index contributed by atoms with van der Waals surface area (Å²) in [6.07, 6.45) is 3.87. The van der Waals surface area contributed by atoms with Gasteiger partial charge in [0.25, 0.3) is 0 Å². The van der Waals surface area contributed by atoms with Gasteiger partial charge in [-0.3, -0.25) is 4.79 Å². The Balaban J connectivity index is 1.71. The van der Waals surface area contributed by atoms with Crippen LogP contribution in [0.3, 0.4) is 0 Å². The van der Waals surface area contributed by atoms with Gasteiger partial charge in [-0.2, -0.15) is 0 Å². The lowest BCUT2D eigenvalue weighted by atomic mass is 10.0. The molecule has 1 unspecified atom stereocenters. The number of nitrogens with zero attached hydrogens (tertiary/aromatic N) is 2. The second-order valence-electron chi connectivity index (χ2n) is 7.22. The van der Waals surface area contributed by atoms with Crippen LogP contribution in [-0.2, 0) is 0 Å². The number of imidazole rings is 1. The number of halogens is 1. The van der Waals surface area contributed by atoms with Crippen LogP contribution in [0.5, 0.6) is 11.5 Å². The summed E-state index contributed by atoms with van der Waals surface area (Å²) >= 11 is 6.32. The number of pyridine rings is 1.